The number of hydrogen-bond donors (Lipinski definition) is 2. The topological polar surface area (TPSA) is 93.7 Å². The third-order valence-electron chi connectivity index (χ3n) is 3.56. The molecule has 7 nitrogen and oxygen atoms in total. The Balaban J connectivity index is 2.00. The average Bonchev–Trinajstić information content (AvgIpc) is 2.60. The van der Waals surface area contributed by atoms with Crippen LogP contribution in [-0.4, -0.2) is 34.1 Å². The zero-order valence-corrected chi connectivity index (χ0v) is 16.6. The first kappa shape index (κ1) is 20.7. The van der Waals surface area contributed by atoms with Gasteiger partial charge in [-0.1, -0.05) is 6.07 Å². The molecule has 0 aliphatic heterocycles. The Kier molecular flexibility index (Phi) is 6.81. The highest BCUT2D eigenvalue weighted by atomic mass is 32.2. The van der Waals surface area contributed by atoms with E-state index < -0.39 is 22.5 Å². The van der Waals surface area contributed by atoms with Crippen molar-refractivity contribution in [3.8, 4) is 11.5 Å². The molecule has 27 heavy (non-hydrogen) atoms. The molecule has 1 amide bonds. The van der Waals surface area contributed by atoms with Crippen molar-refractivity contribution < 1.29 is 22.7 Å². The summed E-state index contributed by atoms with van der Waals surface area (Å²) < 4.78 is 37.6. The average molecular weight is 392 g/mol. The number of aryl methyl sites for hydroxylation is 1. The summed E-state index contributed by atoms with van der Waals surface area (Å²) in [5.41, 5.74) is 1.42. The van der Waals surface area contributed by atoms with Crippen LogP contribution in [0.2, 0.25) is 0 Å². The molecule has 0 radical (unpaired) electrons. The molecule has 0 heterocycles. The summed E-state index contributed by atoms with van der Waals surface area (Å²) in [6.07, 6.45) is -0.00658. The molecular formula is C19H24N2O5S. The molecule has 0 unspecified atom stereocenters. The number of benzene rings is 2. The van der Waals surface area contributed by atoms with Crippen molar-refractivity contribution in [1.29, 1.82) is 0 Å². The summed E-state index contributed by atoms with van der Waals surface area (Å²) in [5.74, 6) is 0.577. The smallest absolute Gasteiger partial charge is 0.241 e. The van der Waals surface area contributed by atoms with Crippen molar-refractivity contribution in [3.63, 3.8) is 0 Å². The second-order valence-electron chi connectivity index (χ2n) is 6.21. The lowest BCUT2D eigenvalue weighted by molar-refractivity contribution is -0.115. The Labute approximate surface area is 159 Å². The fraction of sp³-hybridized carbons (Fsp3) is 0.316. The maximum atomic E-state index is 12.3. The summed E-state index contributed by atoms with van der Waals surface area (Å²) >= 11 is 0. The molecule has 0 aliphatic carbocycles. The highest BCUT2D eigenvalue weighted by Gasteiger charge is 2.16. The molecule has 0 bridgehead atoms. The maximum Gasteiger partial charge on any atom is 0.241 e. The third-order valence-corrected chi connectivity index (χ3v) is 4.97. The van der Waals surface area contributed by atoms with Crippen molar-refractivity contribution in [3.05, 3.63) is 48.0 Å². The van der Waals surface area contributed by atoms with Gasteiger partial charge in [-0.25, -0.2) is 13.1 Å². The zero-order valence-electron chi connectivity index (χ0n) is 15.8. The molecule has 146 valence electrons. The van der Waals surface area contributed by atoms with Crippen LogP contribution >= 0.6 is 0 Å². The Hall–Kier alpha value is -2.58. The van der Waals surface area contributed by atoms with Crippen molar-refractivity contribution in [2.75, 3.05) is 19.0 Å². The number of rotatable bonds is 8. The molecular weight excluding hydrogens is 368 g/mol. The third kappa shape index (κ3) is 5.97. The summed E-state index contributed by atoms with van der Waals surface area (Å²) in [4.78, 5) is 12.2. The minimum absolute atomic E-state index is 0.00658. The van der Waals surface area contributed by atoms with Gasteiger partial charge in [-0.05, 0) is 62.7 Å². The van der Waals surface area contributed by atoms with Crippen molar-refractivity contribution in [1.82, 2.24) is 4.72 Å². The number of ether oxygens (including phenoxy) is 2. The number of carbonyl (C=O) groups is 1. The first-order valence-electron chi connectivity index (χ1n) is 8.42. The van der Waals surface area contributed by atoms with Gasteiger partial charge in [0, 0.05) is 0 Å². The minimum Gasteiger partial charge on any atom is -0.495 e. The number of amides is 1. The lowest BCUT2D eigenvalue weighted by atomic mass is 10.2. The zero-order chi connectivity index (χ0) is 20.0. The standard InChI is InChI=1S/C19H24N2O5S/c1-13(2)26-15-6-8-16(9-7-15)27(23,24)20-12-19(22)21-17-11-14(3)5-10-18(17)25-4/h5-11,13,20H,12H2,1-4H3,(H,21,22). The van der Waals surface area contributed by atoms with Crippen LogP contribution in [0.1, 0.15) is 19.4 Å². The van der Waals surface area contributed by atoms with Gasteiger partial charge in [-0.2, -0.15) is 0 Å². The van der Waals surface area contributed by atoms with Gasteiger partial charge in [0.25, 0.3) is 0 Å². The molecule has 8 heteroatoms. The fourth-order valence-electron chi connectivity index (χ4n) is 2.33. The SMILES string of the molecule is COc1ccc(C)cc1NC(=O)CNS(=O)(=O)c1ccc(OC(C)C)cc1. The normalized spacial score (nSPS) is 11.3. The summed E-state index contributed by atoms with van der Waals surface area (Å²) in [6, 6.07) is 11.3. The number of sulfonamides is 1. The summed E-state index contributed by atoms with van der Waals surface area (Å²) in [5, 5.41) is 2.65. The Bertz CT molecular complexity index is 893. The van der Waals surface area contributed by atoms with Crippen LogP contribution in [0.3, 0.4) is 0 Å². The van der Waals surface area contributed by atoms with Gasteiger partial charge in [0.1, 0.15) is 11.5 Å². The number of methoxy groups -OCH3 is 1. The predicted molar refractivity (Wildman–Crippen MR) is 104 cm³/mol. The van der Waals surface area contributed by atoms with Gasteiger partial charge in [0.2, 0.25) is 15.9 Å². The number of anilines is 1. The van der Waals surface area contributed by atoms with Crippen LogP contribution in [0.4, 0.5) is 5.69 Å². The highest BCUT2D eigenvalue weighted by Crippen LogP contribution is 2.25. The molecule has 2 N–H and O–H groups in total. The Morgan fingerprint density at radius 1 is 1.11 bits per heavy atom. The fourth-order valence-corrected chi connectivity index (χ4v) is 3.31. The van der Waals surface area contributed by atoms with Gasteiger partial charge in [-0.3, -0.25) is 4.79 Å². The van der Waals surface area contributed by atoms with Crippen molar-refractivity contribution >= 4 is 21.6 Å². The quantitative estimate of drug-likeness (QED) is 0.720. The number of nitrogens with one attached hydrogen (secondary N) is 2. The molecule has 0 atom stereocenters. The van der Waals surface area contributed by atoms with Crippen LogP contribution in [0.25, 0.3) is 0 Å². The van der Waals surface area contributed by atoms with Gasteiger partial charge in [0.05, 0.1) is 30.3 Å². The van der Waals surface area contributed by atoms with Gasteiger partial charge in [0.15, 0.2) is 0 Å². The van der Waals surface area contributed by atoms with Gasteiger partial charge in [-0.15, -0.1) is 0 Å². The molecule has 0 saturated heterocycles. The molecule has 2 aromatic rings. The van der Waals surface area contributed by atoms with E-state index in [0.29, 0.717) is 17.2 Å². The van der Waals surface area contributed by atoms with Crippen LogP contribution in [0.5, 0.6) is 11.5 Å². The van der Waals surface area contributed by atoms with E-state index in [4.69, 9.17) is 9.47 Å². The monoisotopic (exact) mass is 392 g/mol. The van der Waals surface area contributed by atoms with E-state index in [9.17, 15) is 13.2 Å². The minimum atomic E-state index is -3.81. The van der Waals surface area contributed by atoms with E-state index in [1.807, 2.05) is 26.8 Å². The molecule has 0 aliphatic rings. The largest absolute Gasteiger partial charge is 0.495 e. The van der Waals surface area contributed by atoms with E-state index in [1.165, 1.54) is 19.2 Å². The maximum absolute atomic E-state index is 12.3. The second kappa shape index (κ2) is 8.88. The van der Waals surface area contributed by atoms with E-state index in [1.54, 1.807) is 24.3 Å². The van der Waals surface area contributed by atoms with E-state index in [0.717, 1.165) is 5.56 Å². The molecule has 0 spiro atoms. The van der Waals surface area contributed by atoms with Crippen LogP contribution < -0.4 is 19.5 Å². The van der Waals surface area contributed by atoms with Crippen molar-refractivity contribution in [2.24, 2.45) is 0 Å². The summed E-state index contributed by atoms with van der Waals surface area (Å²) in [6.45, 7) is 5.25. The Morgan fingerprint density at radius 2 is 1.78 bits per heavy atom. The lowest BCUT2D eigenvalue weighted by Crippen LogP contribution is -2.33. The van der Waals surface area contributed by atoms with Gasteiger partial charge >= 0.3 is 0 Å². The molecule has 2 aromatic carbocycles. The predicted octanol–water partition coefficient (Wildman–Crippen LogP) is 2.71. The van der Waals surface area contributed by atoms with E-state index in [2.05, 4.69) is 10.0 Å². The number of carbonyl (C=O) groups excluding carboxylic acids is 1. The Morgan fingerprint density at radius 3 is 2.37 bits per heavy atom. The van der Waals surface area contributed by atoms with Gasteiger partial charge < -0.3 is 14.8 Å². The molecule has 0 aromatic heterocycles. The molecule has 0 saturated carbocycles. The summed E-state index contributed by atoms with van der Waals surface area (Å²) in [7, 11) is -2.32. The van der Waals surface area contributed by atoms with Crippen LogP contribution in [0, 0.1) is 6.92 Å². The molecule has 2 rings (SSSR count). The first-order valence-corrected chi connectivity index (χ1v) is 9.90. The number of hydrogen-bond acceptors (Lipinski definition) is 5. The van der Waals surface area contributed by atoms with Crippen LogP contribution in [-0.2, 0) is 14.8 Å². The van der Waals surface area contributed by atoms with E-state index >= 15 is 0 Å². The first-order chi connectivity index (χ1) is 12.7. The highest BCUT2D eigenvalue weighted by molar-refractivity contribution is 7.89. The van der Waals surface area contributed by atoms with Crippen LogP contribution in [0.15, 0.2) is 47.4 Å². The lowest BCUT2D eigenvalue weighted by Gasteiger charge is -2.12. The molecule has 0 fully saturated rings. The van der Waals surface area contributed by atoms with E-state index in [-0.39, 0.29) is 11.0 Å². The second-order valence-corrected chi connectivity index (χ2v) is 7.98. The van der Waals surface area contributed by atoms with Crippen molar-refractivity contribution in [2.45, 2.75) is 31.8 Å².